The first kappa shape index (κ1) is 13.4. The summed E-state index contributed by atoms with van der Waals surface area (Å²) >= 11 is 1.22. The van der Waals surface area contributed by atoms with Crippen LogP contribution >= 0.6 is 11.8 Å². The number of hydrogen-bond donors (Lipinski definition) is 1. The average molecular weight is 277 g/mol. The van der Waals surface area contributed by atoms with Crippen LogP contribution in [0.2, 0.25) is 0 Å². The molecule has 2 aromatic carbocycles. The first-order chi connectivity index (χ1) is 9.11. The maximum absolute atomic E-state index is 13.5. The number of anilines is 1. The van der Waals surface area contributed by atoms with Gasteiger partial charge in [-0.1, -0.05) is 23.9 Å². The molecule has 0 spiro atoms. The summed E-state index contributed by atoms with van der Waals surface area (Å²) in [4.78, 5) is 12.5. The number of esters is 1. The molecule has 3 nitrogen and oxygen atoms in total. The van der Waals surface area contributed by atoms with Gasteiger partial charge in [0.1, 0.15) is 5.82 Å². The van der Waals surface area contributed by atoms with Crippen molar-refractivity contribution in [1.82, 2.24) is 0 Å². The molecule has 0 amide bonds. The van der Waals surface area contributed by atoms with Crippen LogP contribution in [0, 0.1) is 5.82 Å². The van der Waals surface area contributed by atoms with Gasteiger partial charge in [0.25, 0.3) is 0 Å². The number of rotatable bonds is 3. The third kappa shape index (κ3) is 3.06. The number of nitrogen functional groups attached to an aromatic ring is 1. The van der Waals surface area contributed by atoms with Crippen LogP contribution in [-0.4, -0.2) is 13.1 Å². The number of ether oxygens (including phenoxy) is 1. The van der Waals surface area contributed by atoms with Crippen molar-refractivity contribution in [3.63, 3.8) is 0 Å². The molecule has 19 heavy (non-hydrogen) atoms. The monoisotopic (exact) mass is 277 g/mol. The fraction of sp³-hybridized carbons (Fsp3) is 0.0714. The number of carbonyl (C=O) groups excluding carboxylic acids is 1. The van der Waals surface area contributed by atoms with Gasteiger partial charge >= 0.3 is 5.97 Å². The molecule has 0 heterocycles. The number of hydrogen-bond acceptors (Lipinski definition) is 4. The van der Waals surface area contributed by atoms with Gasteiger partial charge in [0, 0.05) is 15.5 Å². The maximum atomic E-state index is 13.5. The van der Waals surface area contributed by atoms with E-state index in [1.165, 1.54) is 31.0 Å². The highest BCUT2D eigenvalue weighted by Gasteiger charge is 2.10. The lowest BCUT2D eigenvalue weighted by molar-refractivity contribution is 0.0600. The molecule has 0 saturated carbocycles. The Balaban J connectivity index is 2.27. The smallest absolute Gasteiger partial charge is 0.337 e. The van der Waals surface area contributed by atoms with Crippen LogP contribution in [0.15, 0.2) is 52.3 Å². The van der Waals surface area contributed by atoms with E-state index in [2.05, 4.69) is 4.74 Å². The van der Waals surface area contributed by atoms with Crippen LogP contribution in [0.5, 0.6) is 0 Å². The van der Waals surface area contributed by atoms with Gasteiger partial charge in [-0.2, -0.15) is 0 Å². The normalized spacial score (nSPS) is 10.2. The highest BCUT2D eigenvalue weighted by atomic mass is 32.2. The fourth-order valence-electron chi connectivity index (χ4n) is 1.53. The van der Waals surface area contributed by atoms with Gasteiger partial charge < -0.3 is 10.5 Å². The summed E-state index contributed by atoms with van der Waals surface area (Å²) in [7, 11) is 1.31. The predicted octanol–water partition coefficient (Wildman–Crippen LogP) is 3.35. The lowest BCUT2D eigenvalue weighted by Gasteiger charge is -2.07. The molecule has 0 radical (unpaired) electrons. The Hall–Kier alpha value is -2.01. The molecule has 0 aliphatic rings. The van der Waals surface area contributed by atoms with Crippen molar-refractivity contribution in [3.8, 4) is 0 Å². The van der Waals surface area contributed by atoms with Crippen LogP contribution in [0.25, 0.3) is 0 Å². The second-order valence-corrected chi connectivity index (χ2v) is 4.86. The Morgan fingerprint density at radius 3 is 2.58 bits per heavy atom. The SMILES string of the molecule is COC(=O)c1ccc(Sc2ccccc2F)c(N)c1. The third-order valence-electron chi connectivity index (χ3n) is 2.49. The number of halogens is 1. The van der Waals surface area contributed by atoms with Crippen molar-refractivity contribution in [2.45, 2.75) is 9.79 Å². The average Bonchev–Trinajstić information content (AvgIpc) is 2.42. The number of nitrogens with two attached hydrogens (primary N) is 1. The minimum absolute atomic E-state index is 0.302. The van der Waals surface area contributed by atoms with Crippen LogP contribution < -0.4 is 5.73 Å². The second-order valence-electron chi connectivity index (χ2n) is 3.78. The molecule has 0 saturated heterocycles. The van der Waals surface area contributed by atoms with E-state index in [0.29, 0.717) is 21.0 Å². The van der Waals surface area contributed by atoms with Gasteiger partial charge in [-0.25, -0.2) is 9.18 Å². The summed E-state index contributed by atoms with van der Waals surface area (Å²) in [5, 5.41) is 0. The molecule has 0 bridgehead atoms. The van der Waals surface area contributed by atoms with E-state index in [1.54, 1.807) is 30.3 Å². The minimum atomic E-state index is -0.450. The van der Waals surface area contributed by atoms with Crippen molar-refractivity contribution in [3.05, 3.63) is 53.8 Å². The molecule has 98 valence electrons. The van der Waals surface area contributed by atoms with Gasteiger partial charge in [-0.05, 0) is 30.3 Å². The second kappa shape index (κ2) is 5.75. The maximum Gasteiger partial charge on any atom is 0.337 e. The quantitative estimate of drug-likeness (QED) is 0.690. The molecule has 2 rings (SSSR count). The molecule has 2 N–H and O–H groups in total. The summed E-state index contributed by atoms with van der Waals surface area (Å²) in [6, 6.07) is 11.3. The first-order valence-corrected chi connectivity index (χ1v) is 6.33. The Morgan fingerprint density at radius 1 is 1.21 bits per heavy atom. The molecule has 0 atom stereocenters. The Morgan fingerprint density at radius 2 is 1.95 bits per heavy atom. The largest absolute Gasteiger partial charge is 0.465 e. The lowest BCUT2D eigenvalue weighted by Crippen LogP contribution is -2.02. The summed E-state index contributed by atoms with van der Waals surface area (Å²) in [5.74, 6) is -0.752. The predicted molar refractivity (Wildman–Crippen MR) is 72.7 cm³/mol. The van der Waals surface area contributed by atoms with Gasteiger partial charge in [-0.3, -0.25) is 0 Å². The summed E-state index contributed by atoms with van der Waals surface area (Å²) in [6.45, 7) is 0. The summed E-state index contributed by atoms with van der Waals surface area (Å²) in [5.41, 5.74) is 6.65. The van der Waals surface area contributed by atoms with E-state index in [-0.39, 0.29) is 5.82 Å². The zero-order valence-corrected chi connectivity index (χ0v) is 11.0. The lowest BCUT2D eigenvalue weighted by atomic mass is 10.2. The van der Waals surface area contributed by atoms with Crippen molar-refractivity contribution in [2.75, 3.05) is 12.8 Å². The first-order valence-electron chi connectivity index (χ1n) is 5.52. The fourth-order valence-corrected chi connectivity index (χ4v) is 2.39. The van der Waals surface area contributed by atoms with Crippen molar-refractivity contribution in [1.29, 1.82) is 0 Å². The number of benzene rings is 2. The molecular formula is C14H12FNO2S. The summed E-state index contributed by atoms with van der Waals surface area (Å²) < 4.78 is 18.1. The van der Waals surface area contributed by atoms with Crippen molar-refractivity contribution >= 4 is 23.4 Å². The van der Waals surface area contributed by atoms with Crippen LogP contribution in [0.3, 0.4) is 0 Å². The van der Waals surface area contributed by atoms with Gasteiger partial charge in [0.05, 0.1) is 12.7 Å². The zero-order valence-electron chi connectivity index (χ0n) is 10.2. The molecule has 0 aromatic heterocycles. The Labute approximate surface area is 114 Å². The minimum Gasteiger partial charge on any atom is -0.465 e. The standard InChI is InChI=1S/C14H12FNO2S/c1-18-14(17)9-6-7-13(11(16)8-9)19-12-5-3-2-4-10(12)15/h2-8H,16H2,1H3. The molecular weight excluding hydrogens is 265 g/mol. The highest BCUT2D eigenvalue weighted by Crippen LogP contribution is 2.33. The molecule has 0 unspecified atom stereocenters. The van der Waals surface area contributed by atoms with Gasteiger partial charge in [-0.15, -0.1) is 0 Å². The molecule has 5 heteroatoms. The summed E-state index contributed by atoms with van der Waals surface area (Å²) in [6.07, 6.45) is 0. The van der Waals surface area contributed by atoms with Crippen molar-refractivity contribution < 1.29 is 13.9 Å². The van der Waals surface area contributed by atoms with Crippen molar-refractivity contribution in [2.24, 2.45) is 0 Å². The molecule has 0 fully saturated rings. The van der Waals surface area contributed by atoms with E-state index >= 15 is 0 Å². The van der Waals surface area contributed by atoms with Gasteiger partial charge in [0.2, 0.25) is 0 Å². The van der Waals surface area contributed by atoms with E-state index < -0.39 is 5.97 Å². The Bertz CT molecular complexity index is 616. The van der Waals surface area contributed by atoms with Crippen LogP contribution in [-0.2, 0) is 4.74 Å². The molecule has 0 aliphatic carbocycles. The molecule has 2 aromatic rings. The van der Waals surface area contributed by atoms with E-state index in [0.717, 1.165) is 0 Å². The highest BCUT2D eigenvalue weighted by molar-refractivity contribution is 7.99. The van der Waals surface area contributed by atoms with Gasteiger partial charge in [0.15, 0.2) is 0 Å². The third-order valence-corrected chi connectivity index (χ3v) is 3.63. The van der Waals surface area contributed by atoms with Crippen LogP contribution in [0.4, 0.5) is 10.1 Å². The van der Waals surface area contributed by atoms with E-state index in [4.69, 9.17) is 5.73 Å². The number of methoxy groups -OCH3 is 1. The van der Waals surface area contributed by atoms with Crippen LogP contribution in [0.1, 0.15) is 10.4 Å². The van der Waals surface area contributed by atoms with E-state index in [9.17, 15) is 9.18 Å². The zero-order chi connectivity index (χ0) is 13.8. The Kier molecular flexibility index (Phi) is 4.06. The topological polar surface area (TPSA) is 52.3 Å². The number of carbonyl (C=O) groups is 1. The molecule has 0 aliphatic heterocycles. The van der Waals surface area contributed by atoms with E-state index in [1.807, 2.05) is 0 Å².